The van der Waals surface area contributed by atoms with Gasteiger partial charge in [-0.2, -0.15) is 0 Å². The number of phosphoric acid groups is 1. The summed E-state index contributed by atoms with van der Waals surface area (Å²) in [4.78, 5) is 37.6. The van der Waals surface area contributed by atoms with Gasteiger partial charge in [-0.05, 0) is 83.5 Å². The van der Waals surface area contributed by atoms with Crippen LogP contribution in [0.4, 0.5) is 0 Å². The van der Waals surface area contributed by atoms with Crippen LogP contribution in [0.25, 0.3) is 0 Å². The molecule has 0 rings (SSSR count). The standard InChI is InChI=1S/C54H94NO8P/c1-6-8-10-12-14-16-18-20-21-22-23-24-25-26-27-28-29-30-31-32-33-35-37-39-41-43-45-47-54(57)63-52(51-62-64(58,59)61-49-48-55(3,4)5)50-60-53(56)46-44-42-40-38-36-34-19-17-15-13-11-9-7-2/h8-11,14-17,20-21,23-24,34,36,52H,6-7,12-13,18-19,22,25-33,35,37-51H2,1-5H3/b10-8-,11-9-,16-14-,17-15-,21-20-,24-23-,36-34-. The summed E-state index contributed by atoms with van der Waals surface area (Å²) in [6.07, 6.45) is 59.1. The molecule has 0 saturated carbocycles. The maximum Gasteiger partial charge on any atom is 0.306 e. The highest BCUT2D eigenvalue weighted by Gasteiger charge is 2.21. The van der Waals surface area contributed by atoms with E-state index in [9.17, 15) is 19.0 Å². The van der Waals surface area contributed by atoms with E-state index in [-0.39, 0.29) is 26.1 Å². The fraction of sp³-hybridized carbons (Fsp3) is 0.704. The van der Waals surface area contributed by atoms with Crippen LogP contribution in [0, 0.1) is 0 Å². The van der Waals surface area contributed by atoms with Crippen LogP contribution in [0.2, 0.25) is 0 Å². The third kappa shape index (κ3) is 48.6. The number of esters is 2. The second-order valence-corrected chi connectivity index (χ2v) is 19.2. The smallest absolute Gasteiger partial charge is 0.306 e. The highest BCUT2D eigenvalue weighted by atomic mass is 31.2. The van der Waals surface area contributed by atoms with Gasteiger partial charge in [-0.15, -0.1) is 0 Å². The minimum absolute atomic E-state index is 0.0392. The number of likely N-dealkylation sites (N-methyl/N-ethyl adjacent to an activating group) is 1. The first-order valence-corrected chi connectivity index (χ1v) is 26.8. The molecule has 2 atom stereocenters. The molecule has 0 fully saturated rings. The van der Waals surface area contributed by atoms with E-state index < -0.39 is 32.5 Å². The van der Waals surface area contributed by atoms with Crippen LogP contribution in [0.3, 0.4) is 0 Å². The van der Waals surface area contributed by atoms with E-state index in [1.54, 1.807) is 0 Å². The van der Waals surface area contributed by atoms with E-state index in [1.807, 2.05) is 21.1 Å². The van der Waals surface area contributed by atoms with Gasteiger partial charge in [-0.25, -0.2) is 0 Å². The monoisotopic (exact) mass is 916 g/mol. The lowest BCUT2D eigenvalue weighted by atomic mass is 10.0. The molecule has 0 saturated heterocycles. The van der Waals surface area contributed by atoms with E-state index in [0.29, 0.717) is 23.9 Å². The highest BCUT2D eigenvalue weighted by molar-refractivity contribution is 7.45. The molecule has 0 aliphatic rings. The maximum absolute atomic E-state index is 12.7. The van der Waals surface area contributed by atoms with Crippen LogP contribution in [-0.4, -0.2) is 70.0 Å². The van der Waals surface area contributed by atoms with Gasteiger partial charge < -0.3 is 27.9 Å². The SMILES string of the molecule is CC/C=C\C/C=C\C/C=C\C/C=C\CCCCCCCCCCCCCCCCC(=O)OC(COC(=O)CCCCC/C=C\C/C=C\C/C=C\CC)COP(=O)([O-])OCC[N+](C)(C)C. The number of phosphoric ester groups is 1. The Morgan fingerprint density at radius 1 is 0.484 bits per heavy atom. The summed E-state index contributed by atoms with van der Waals surface area (Å²) in [7, 11) is 1.14. The van der Waals surface area contributed by atoms with Crippen LogP contribution in [0.1, 0.15) is 194 Å². The van der Waals surface area contributed by atoms with E-state index in [4.69, 9.17) is 18.5 Å². The molecule has 0 bridgehead atoms. The molecule has 2 unspecified atom stereocenters. The Hall–Kier alpha value is -2.81. The summed E-state index contributed by atoms with van der Waals surface area (Å²) in [5.41, 5.74) is 0. The molecule has 0 aromatic heterocycles. The third-order valence-corrected chi connectivity index (χ3v) is 11.4. The summed E-state index contributed by atoms with van der Waals surface area (Å²) < 4.78 is 34.0. The quantitative estimate of drug-likeness (QED) is 0.0195. The summed E-state index contributed by atoms with van der Waals surface area (Å²) in [5, 5.41) is 0. The van der Waals surface area contributed by atoms with E-state index in [2.05, 4.69) is 98.9 Å². The second-order valence-electron chi connectivity index (χ2n) is 17.8. The Labute approximate surface area is 392 Å². The molecule has 10 heteroatoms. The van der Waals surface area contributed by atoms with Crippen LogP contribution in [-0.2, 0) is 32.7 Å². The predicted molar refractivity (Wildman–Crippen MR) is 268 cm³/mol. The summed E-state index contributed by atoms with van der Waals surface area (Å²) in [6, 6.07) is 0. The van der Waals surface area contributed by atoms with Gasteiger partial charge in [0.15, 0.2) is 6.10 Å². The first kappa shape index (κ1) is 61.2. The minimum atomic E-state index is -4.64. The van der Waals surface area contributed by atoms with Gasteiger partial charge in [0.2, 0.25) is 0 Å². The molecule has 0 radical (unpaired) electrons. The Balaban J connectivity index is 4.19. The number of carbonyl (C=O) groups is 2. The van der Waals surface area contributed by atoms with Gasteiger partial charge in [0.05, 0.1) is 27.7 Å². The van der Waals surface area contributed by atoms with Crippen LogP contribution >= 0.6 is 7.82 Å². The number of quaternary nitrogens is 1. The first-order valence-electron chi connectivity index (χ1n) is 25.3. The summed E-state index contributed by atoms with van der Waals surface area (Å²) in [6.45, 7) is 3.96. The molecule has 0 aliphatic heterocycles. The van der Waals surface area contributed by atoms with Crippen molar-refractivity contribution in [3.8, 4) is 0 Å². The third-order valence-electron chi connectivity index (χ3n) is 10.4. The summed E-state index contributed by atoms with van der Waals surface area (Å²) >= 11 is 0. The Kier molecular flexibility index (Phi) is 43.4. The molecule has 0 aromatic carbocycles. The number of nitrogens with zero attached hydrogens (tertiary/aromatic N) is 1. The zero-order chi connectivity index (χ0) is 47.1. The Morgan fingerprint density at radius 2 is 0.844 bits per heavy atom. The van der Waals surface area contributed by atoms with Crippen molar-refractivity contribution in [2.24, 2.45) is 0 Å². The molecule has 9 nitrogen and oxygen atoms in total. The Morgan fingerprint density at radius 3 is 1.27 bits per heavy atom. The van der Waals surface area contributed by atoms with E-state index in [1.165, 1.54) is 70.6 Å². The van der Waals surface area contributed by atoms with Crippen LogP contribution in [0.15, 0.2) is 85.1 Å². The zero-order valence-electron chi connectivity index (χ0n) is 41.4. The van der Waals surface area contributed by atoms with Crippen molar-refractivity contribution >= 4 is 19.8 Å². The molecule has 0 amide bonds. The molecule has 64 heavy (non-hydrogen) atoms. The predicted octanol–water partition coefficient (Wildman–Crippen LogP) is 14.5. The van der Waals surface area contributed by atoms with Crippen molar-refractivity contribution < 1.29 is 42.1 Å². The van der Waals surface area contributed by atoms with Crippen molar-refractivity contribution in [1.82, 2.24) is 0 Å². The first-order chi connectivity index (χ1) is 31.0. The van der Waals surface area contributed by atoms with E-state index >= 15 is 0 Å². The van der Waals surface area contributed by atoms with Crippen LogP contribution < -0.4 is 4.89 Å². The molecule has 0 aliphatic carbocycles. The summed E-state index contributed by atoms with van der Waals surface area (Å²) in [5.74, 6) is -0.873. The van der Waals surface area contributed by atoms with Gasteiger partial charge in [-0.1, -0.05) is 182 Å². The fourth-order valence-electron chi connectivity index (χ4n) is 6.54. The van der Waals surface area contributed by atoms with Gasteiger partial charge >= 0.3 is 11.9 Å². The number of hydrogen-bond acceptors (Lipinski definition) is 8. The molecule has 0 spiro atoms. The lowest BCUT2D eigenvalue weighted by molar-refractivity contribution is -0.870. The number of hydrogen-bond donors (Lipinski definition) is 0. The molecule has 0 aromatic rings. The number of allylic oxidation sites excluding steroid dienone is 14. The topological polar surface area (TPSA) is 111 Å². The average Bonchev–Trinajstić information content (AvgIpc) is 3.25. The molecular weight excluding hydrogens is 822 g/mol. The van der Waals surface area contributed by atoms with Crippen molar-refractivity contribution in [1.29, 1.82) is 0 Å². The molecular formula is C54H94NO8P. The Bertz CT molecular complexity index is 1360. The van der Waals surface area contributed by atoms with Gasteiger partial charge in [0, 0.05) is 12.8 Å². The van der Waals surface area contributed by atoms with Crippen molar-refractivity contribution in [2.75, 3.05) is 47.5 Å². The van der Waals surface area contributed by atoms with Gasteiger partial charge in [0.25, 0.3) is 7.82 Å². The van der Waals surface area contributed by atoms with Gasteiger partial charge in [-0.3, -0.25) is 14.2 Å². The fourth-order valence-corrected chi connectivity index (χ4v) is 7.27. The normalized spacial score (nSPS) is 14.2. The van der Waals surface area contributed by atoms with Crippen molar-refractivity contribution in [2.45, 2.75) is 200 Å². The van der Waals surface area contributed by atoms with Crippen molar-refractivity contribution in [3.05, 3.63) is 85.1 Å². The second kappa shape index (κ2) is 45.4. The number of carbonyl (C=O) groups excluding carboxylic acids is 2. The molecule has 0 heterocycles. The maximum atomic E-state index is 12.7. The lowest BCUT2D eigenvalue weighted by Gasteiger charge is -2.28. The average molecular weight is 916 g/mol. The number of ether oxygens (including phenoxy) is 2. The lowest BCUT2D eigenvalue weighted by Crippen LogP contribution is -2.37. The highest BCUT2D eigenvalue weighted by Crippen LogP contribution is 2.38. The van der Waals surface area contributed by atoms with Crippen LogP contribution in [0.5, 0.6) is 0 Å². The molecule has 368 valence electrons. The molecule has 0 N–H and O–H groups in total. The zero-order valence-corrected chi connectivity index (χ0v) is 42.3. The van der Waals surface area contributed by atoms with E-state index in [0.717, 1.165) is 83.5 Å². The minimum Gasteiger partial charge on any atom is -0.756 e. The largest absolute Gasteiger partial charge is 0.756 e. The van der Waals surface area contributed by atoms with Gasteiger partial charge in [0.1, 0.15) is 19.8 Å². The number of unbranched alkanes of at least 4 members (excludes halogenated alkanes) is 17. The number of rotatable bonds is 45. The van der Waals surface area contributed by atoms with Crippen molar-refractivity contribution in [3.63, 3.8) is 0 Å².